The number of hydrogen-bond acceptors (Lipinski definition) is 1. The third-order valence-electron chi connectivity index (χ3n) is 4.99. The molecule has 0 atom stereocenters. The van der Waals surface area contributed by atoms with E-state index in [0.29, 0.717) is 12.1 Å². The van der Waals surface area contributed by atoms with Crippen LogP contribution >= 0.6 is 0 Å². The third kappa shape index (κ3) is 2.48. The highest BCUT2D eigenvalue weighted by Crippen LogP contribution is 2.50. The molecular formula is C20H19FN2O. The van der Waals surface area contributed by atoms with Crippen molar-refractivity contribution in [2.24, 2.45) is 0 Å². The largest absolute Gasteiger partial charge is 0.361 e. The fourth-order valence-corrected chi connectivity index (χ4v) is 3.51. The van der Waals surface area contributed by atoms with Gasteiger partial charge in [0.1, 0.15) is 5.82 Å². The number of likely N-dealkylation sites (N-methyl/N-ethyl adjacent to an activating group) is 1. The lowest BCUT2D eigenvalue weighted by Gasteiger charge is -2.24. The highest BCUT2D eigenvalue weighted by atomic mass is 19.1. The van der Waals surface area contributed by atoms with Crippen LogP contribution in [0.25, 0.3) is 10.9 Å². The summed E-state index contributed by atoms with van der Waals surface area (Å²) in [6, 6.07) is 14.0. The maximum Gasteiger partial charge on any atom is 0.253 e. The third-order valence-corrected chi connectivity index (χ3v) is 4.99. The molecule has 0 bridgehead atoms. The molecule has 1 aromatic heterocycles. The molecule has 0 spiro atoms. The van der Waals surface area contributed by atoms with Crippen LogP contribution in [0.4, 0.5) is 4.39 Å². The van der Waals surface area contributed by atoms with Crippen LogP contribution in [0.3, 0.4) is 0 Å². The Morgan fingerprint density at radius 1 is 1.17 bits per heavy atom. The number of aromatic nitrogens is 1. The van der Waals surface area contributed by atoms with Gasteiger partial charge in [-0.05, 0) is 48.7 Å². The van der Waals surface area contributed by atoms with E-state index in [1.54, 1.807) is 17.0 Å². The fraction of sp³-hybridized carbons (Fsp3) is 0.250. The summed E-state index contributed by atoms with van der Waals surface area (Å²) in [4.78, 5) is 17.7. The molecule has 1 saturated carbocycles. The van der Waals surface area contributed by atoms with Crippen molar-refractivity contribution in [1.82, 2.24) is 9.88 Å². The number of benzene rings is 2. The second-order valence-electron chi connectivity index (χ2n) is 6.70. The summed E-state index contributed by atoms with van der Waals surface area (Å²) in [7, 11) is 1.82. The van der Waals surface area contributed by atoms with E-state index >= 15 is 0 Å². The zero-order valence-corrected chi connectivity index (χ0v) is 13.6. The van der Waals surface area contributed by atoms with Crippen LogP contribution in [-0.4, -0.2) is 29.4 Å². The lowest BCUT2D eigenvalue weighted by molar-refractivity contribution is 0.0781. The lowest BCUT2D eigenvalue weighted by Crippen LogP contribution is -2.34. The van der Waals surface area contributed by atoms with Crippen molar-refractivity contribution < 1.29 is 9.18 Å². The molecule has 3 aromatic rings. The summed E-state index contributed by atoms with van der Waals surface area (Å²) in [6.07, 6.45) is 4.24. The predicted molar refractivity (Wildman–Crippen MR) is 92.6 cm³/mol. The number of para-hydroxylation sites is 1. The lowest BCUT2D eigenvalue weighted by atomic mass is 9.94. The topological polar surface area (TPSA) is 36.1 Å². The summed E-state index contributed by atoms with van der Waals surface area (Å²) in [5.74, 6) is -0.396. The van der Waals surface area contributed by atoms with Gasteiger partial charge in [0.2, 0.25) is 0 Å². The molecule has 4 heteroatoms. The number of halogens is 1. The first kappa shape index (κ1) is 14.9. The standard InChI is InChI=1S/C20H19FN2O/c1-23(19(24)14-6-8-15(21)9-7-14)13-20(10-11-20)17-12-22-18-5-3-2-4-16(17)18/h2-9,12,22H,10-11,13H2,1H3. The van der Waals surface area contributed by atoms with Gasteiger partial charge in [0.05, 0.1) is 0 Å². The van der Waals surface area contributed by atoms with E-state index < -0.39 is 0 Å². The Morgan fingerprint density at radius 2 is 1.88 bits per heavy atom. The van der Waals surface area contributed by atoms with Crippen molar-refractivity contribution in [2.75, 3.05) is 13.6 Å². The number of fused-ring (bicyclic) bond motifs is 1. The summed E-state index contributed by atoms with van der Waals surface area (Å²) in [6.45, 7) is 0.672. The van der Waals surface area contributed by atoms with Crippen LogP contribution in [0.15, 0.2) is 54.7 Å². The monoisotopic (exact) mass is 322 g/mol. The molecule has 1 aliphatic carbocycles. The maximum absolute atomic E-state index is 13.0. The molecule has 1 N–H and O–H groups in total. The number of hydrogen-bond donors (Lipinski definition) is 1. The molecule has 3 nitrogen and oxygen atoms in total. The number of nitrogens with zero attached hydrogens (tertiary/aromatic N) is 1. The van der Waals surface area contributed by atoms with Crippen molar-refractivity contribution in [2.45, 2.75) is 18.3 Å². The molecule has 1 amide bonds. The van der Waals surface area contributed by atoms with Gasteiger partial charge in [0.25, 0.3) is 5.91 Å². The second-order valence-corrected chi connectivity index (χ2v) is 6.70. The van der Waals surface area contributed by atoms with Crippen molar-refractivity contribution in [3.8, 4) is 0 Å². The van der Waals surface area contributed by atoms with Crippen molar-refractivity contribution >= 4 is 16.8 Å². The first-order valence-corrected chi connectivity index (χ1v) is 8.17. The molecule has 2 aromatic carbocycles. The van der Waals surface area contributed by atoms with Crippen LogP contribution in [0.1, 0.15) is 28.8 Å². The first-order valence-electron chi connectivity index (χ1n) is 8.17. The van der Waals surface area contributed by atoms with E-state index in [4.69, 9.17) is 0 Å². The number of H-pyrrole nitrogens is 1. The van der Waals surface area contributed by atoms with E-state index in [1.165, 1.54) is 23.1 Å². The predicted octanol–water partition coefficient (Wildman–Crippen LogP) is 4.11. The normalized spacial score (nSPS) is 15.4. The minimum atomic E-state index is -0.327. The molecule has 122 valence electrons. The molecular weight excluding hydrogens is 303 g/mol. The van der Waals surface area contributed by atoms with Gasteiger partial charge in [0, 0.05) is 41.7 Å². The fourth-order valence-electron chi connectivity index (χ4n) is 3.51. The van der Waals surface area contributed by atoms with E-state index in [9.17, 15) is 9.18 Å². The van der Waals surface area contributed by atoms with Crippen LogP contribution in [0.2, 0.25) is 0 Å². The van der Waals surface area contributed by atoms with Crippen LogP contribution in [0, 0.1) is 5.82 Å². The number of amides is 1. The zero-order valence-electron chi connectivity index (χ0n) is 13.6. The number of carbonyl (C=O) groups excluding carboxylic acids is 1. The summed E-state index contributed by atoms with van der Waals surface area (Å²) >= 11 is 0. The van der Waals surface area contributed by atoms with E-state index in [-0.39, 0.29) is 17.1 Å². The van der Waals surface area contributed by atoms with Crippen molar-refractivity contribution in [1.29, 1.82) is 0 Å². The summed E-state index contributed by atoms with van der Waals surface area (Å²) < 4.78 is 13.0. The van der Waals surface area contributed by atoms with Crippen LogP contribution in [-0.2, 0) is 5.41 Å². The Bertz CT molecular complexity index is 893. The Kier molecular flexibility index (Phi) is 3.41. The SMILES string of the molecule is CN(CC1(c2c[nH]c3ccccc23)CC1)C(=O)c1ccc(F)cc1. The van der Waals surface area contributed by atoms with E-state index in [0.717, 1.165) is 18.4 Å². The minimum Gasteiger partial charge on any atom is -0.361 e. The number of aromatic amines is 1. The van der Waals surface area contributed by atoms with Crippen molar-refractivity contribution in [3.63, 3.8) is 0 Å². The Labute approximate surface area is 140 Å². The van der Waals surface area contributed by atoms with E-state index in [1.807, 2.05) is 19.2 Å². The smallest absolute Gasteiger partial charge is 0.253 e. The number of rotatable bonds is 4. The average Bonchev–Trinajstić information content (AvgIpc) is 3.23. The number of nitrogens with one attached hydrogen (secondary N) is 1. The molecule has 24 heavy (non-hydrogen) atoms. The molecule has 1 aliphatic rings. The summed E-state index contributed by atoms with van der Waals surface area (Å²) in [5.41, 5.74) is 2.97. The Morgan fingerprint density at radius 3 is 2.58 bits per heavy atom. The molecule has 0 aliphatic heterocycles. The zero-order chi connectivity index (χ0) is 16.7. The highest BCUT2D eigenvalue weighted by molar-refractivity contribution is 5.94. The minimum absolute atomic E-state index is 0.0318. The van der Waals surface area contributed by atoms with Gasteiger partial charge in [-0.25, -0.2) is 4.39 Å². The molecule has 0 unspecified atom stereocenters. The second kappa shape index (κ2) is 5.48. The van der Waals surface area contributed by atoms with Crippen molar-refractivity contribution in [3.05, 3.63) is 71.7 Å². The maximum atomic E-state index is 13.0. The summed E-state index contributed by atoms with van der Waals surface area (Å²) in [5, 5.41) is 1.23. The van der Waals surface area contributed by atoms with Crippen LogP contribution < -0.4 is 0 Å². The Balaban J connectivity index is 1.58. The van der Waals surface area contributed by atoms with Gasteiger partial charge in [0.15, 0.2) is 0 Å². The van der Waals surface area contributed by atoms with Gasteiger partial charge in [-0.2, -0.15) is 0 Å². The highest BCUT2D eigenvalue weighted by Gasteiger charge is 2.47. The molecule has 0 saturated heterocycles. The molecule has 1 heterocycles. The molecule has 1 fully saturated rings. The quantitative estimate of drug-likeness (QED) is 0.771. The Hall–Kier alpha value is -2.62. The number of carbonyl (C=O) groups is 1. The van der Waals surface area contributed by atoms with Gasteiger partial charge >= 0.3 is 0 Å². The van der Waals surface area contributed by atoms with Gasteiger partial charge in [-0.3, -0.25) is 4.79 Å². The molecule has 0 radical (unpaired) electrons. The van der Waals surface area contributed by atoms with Gasteiger partial charge < -0.3 is 9.88 Å². The average molecular weight is 322 g/mol. The van der Waals surface area contributed by atoms with Gasteiger partial charge in [-0.15, -0.1) is 0 Å². The van der Waals surface area contributed by atoms with E-state index in [2.05, 4.69) is 23.3 Å². The van der Waals surface area contributed by atoms with Gasteiger partial charge in [-0.1, -0.05) is 18.2 Å². The van der Waals surface area contributed by atoms with Crippen LogP contribution in [0.5, 0.6) is 0 Å². The first-order chi connectivity index (χ1) is 11.6. The molecule has 4 rings (SSSR count).